The molecular weight excluding hydrogens is 247 g/mol. The largest absolute Gasteiger partial charge is 0.0893 e. The molecule has 0 aliphatic carbocycles. The van der Waals surface area contributed by atoms with E-state index in [1.807, 2.05) is 18.2 Å². The number of hydrogen-bond acceptors (Lipinski definition) is 0. The molecule has 13 heavy (non-hydrogen) atoms. The predicted octanol–water partition coefficient (Wildman–Crippen LogP) is 4.62. The molecule has 1 rings (SSSR count). The first kappa shape index (κ1) is 11.1. The van der Waals surface area contributed by atoms with Crippen LogP contribution in [0.15, 0.2) is 24.3 Å². The van der Waals surface area contributed by atoms with Crippen molar-refractivity contribution in [3.05, 3.63) is 34.9 Å². The molecule has 0 saturated carbocycles. The molecule has 0 amide bonds. The van der Waals surface area contributed by atoms with E-state index in [1.165, 1.54) is 5.56 Å². The van der Waals surface area contributed by atoms with Crippen molar-refractivity contribution in [3.8, 4) is 0 Å². The highest BCUT2D eigenvalue weighted by Crippen LogP contribution is 2.28. The van der Waals surface area contributed by atoms with Crippen molar-refractivity contribution in [2.45, 2.75) is 31.0 Å². The van der Waals surface area contributed by atoms with E-state index in [2.05, 4.69) is 35.8 Å². The lowest BCUT2D eigenvalue weighted by molar-refractivity contribution is 0.682. The Kier molecular flexibility index (Phi) is 4.27. The molecule has 0 aliphatic rings. The van der Waals surface area contributed by atoms with Crippen LogP contribution in [0.3, 0.4) is 0 Å². The summed E-state index contributed by atoms with van der Waals surface area (Å²) in [5, 5.41) is 0.878. The number of halogens is 2. The molecule has 0 nitrogen and oxygen atoms in total. The molecule has 0 radical (unpaired) electrons. The minimum Gasteiger partial charge on any atom is -0.0893 e. The van der Waals surface area contributed by atoms with Gasteiger partial charge in [0.05, 0.1) is 0 Å². The Morgan fingerprint density at radius 2 is 1.92 bits per heavy atom. The molecular formula is C11H14BrCl. The van der Waals surface area contributed by atoms with Crippen LogP contribution in [0.25, 0.3) is 0 Å². The maximum Gasteiger partial charge on any atom is 0.0440 e. The first-order valence-electron chi connectivity index (χ1n) is 4.49. The van der Waals surface area contributed by atoms with Crippen molar-refractivity contribution >= 4 is 27.5 Å². The fraction of sp³-hybridized carbons (Fsp3) is 0.455. The number of benzene rings is 1. The second kappa shape index (κ2) is 5.02. The maximum atomic E-state index is 6.09. The lowest BCUT2D eigenvalue weighted by atomic mass is 9.97. The molecule has 0 aliphatic heterocycles. The van der Waals surface area contributed by atoms with Gasteiger partial charge in [0, 0.05) is 9.85 Å². The van der Waals surface area contributed by atoms with Gasteiger partial charge in [0.2, 0.25) is 0 Å². The molecule has 1 aromatic carbocycles. The van der Waals surface area contributed by atoms with Gasteiger partial charge in [-0.1, -0.05) is 59.6 Å². The first-order chi connectivity index (χ1) is 6.11. The van der Waals surface area contributed by atoms with E-state index in [0.29, 0.717) is 10.7 Å². The zero-order valence-electron chi connectivity index (χ0n) is 7.93. The highest BCUT2D eigenvalue weighted by molar-refractivity contribution is 9.09. The lowest BCUT2D eigenvalue weighted by Gasteiger charge is -2.14. The predicted molar refractivity (Wildman–Crippen MR) is 62.9 cm³/mol. The summed E-state index contributed by atoms with van der Waals surface area (Å²) in [6, 6.07) is 8.06. The molecule has 0 aromatic heterocycles. The molecule has 72 valence electrons. The van der Waals surface area contributed by atoms with Crippen molar-refractivity contribution in [2.24, 2.45) is 0 Å². The average molecular weight is 262 g/mol. The van der Waals surface area contributed by atoms with E-state index < -0.39 is 0 Å². The highest BCUT2D eigenvalue weighted by Gasteiger charge is 2.10. The monoisotopic (exact) mass is 260 g/mol. The molecule has 0 heterocycles. The van der Waals surface area contributed by atoms with Gasteiger partial charge in [0.15, 0.2) is 0 Å². The Morgan fingerprint density at radius 1 is 1.31 bits per heavy atom. The van der Waals surface area contributed by atoms with Gasteiger partial charge < -0.3 is 0 Å². The fourth-order valence-corrected chi connectivity index (χ4v) is 2.37. The second-order valence-electron chi connectivity index (χ2n) is 3.44. The third-order valence-electron chi connectivity index (χ3n) is 2.11. The van der Waals surface area contributed by atoms with Crippen LogP contribution in [0.4, 0.5) is 0 Å². The molecule has 1 aromatic rings. The SMILES string of the molecule is CC(Br)CC(C)c1ccccc1Cl. The Hall–Kier alpha value is -0.0100. The van der Waals surface area contributed by atoms with E-state index in [0.717, 1.165) is 11.4 Å². The molecule has 0 spiro atoms. The number of hydrogen-bond donors (Lipinski definition) is 0. The molecule has 2 atom stereocenters. The van der Waals surface area contributed by atoms with E-state index in [-0.39, 0.29) is 0 Å². The minimum absolute atomic E-state index is 0.517. The van der Waals surface area contributed by atoms with Crippen LogP contribution >= 0.6 is 27.5 Å². The standard InChI is InChI=1S/C11H14BrCl/c1-8(7-9(2)12)10-5-3-4-6-11(10)13/h3-6,8-9H,7H2,1-2H3. The van der Waals surface area contributed by atoms with Gasteiger partial charge in [-0.3, -0.25) is 0 Å². The van der Waals surface area contributed by atoms with Crippen LogP contribution in [-0.2, 0) is 0 Å². The quantitative estimate of drug-likeness (QED) is 0.697. The van der Waals surface area contributed by atoms with Crippen LogP contribution in [0.1, 0.15) is 31.7 Å². The van der Waals surface area contributed by atoms with Gasteiger partial charge in [-0.15, -0.1) is 0 Å². The fourth-order valence-electron chi connectivity index (χ4n) is 1.49. The molecule has 0 fully saturated rings. The van der Waals surface area contributed by atoms with Crippen LogP contribution in [0.2, 0.25) is 5.02 Å². The Morgan fingerprint density at radius 3 is 2.46 bits per heavy atom. The summed E-state index contributed by atoms with van der Waals surface area (Å²) in [4.78, 5) is 0.541. The zero-order valence-corrected chi connectivity index (χ0v) is 10.3. The van der Waals surface area contributed by atoms with Gasteiger partial charge in [-0.2, -0.15) is 0 Å². The third-order valence-corrected chi connectivity index (χ3v) is 2.83. The number of rotatable bonds is 3. The van der Waals surface area contributed by atoms with Crippen molar-refractivity contribution in [1.29, 1.82) is 0 Å². The van der Waals surface area contributed by atoms with Crippen molar-refractivity contribution < 1.29 is 0 Å². The van der Waals surface area contributed by atoms with Gasteiger partial charge in [-0.05, 0) is 24.0 Å². The highest BCUT2D eigenvalue weighted by atomic mass is 79.9. The van der Waals surface area contributed by atoms with Crippen molar-refractivity contribution in [3.63, 3.8) is 0 Å². The summed E-state index contributed by atoms with van der Waals surface area (Å²) in [5.41, 5.74) is 1.25. The van der Waals surface area contributed by atoms with Crippen LogP contribution < -0.4 is 0 Å². The maximum absolute atomic E-state index is 6.09. The zero-order chi connectivity index (χ0) is 9.84. The van der Waals surface area contributed by atoms with Crippen molar-refractivity contribution in [1.82, 2.24) is 0 Å². The van der Waals surface area contributed by atoms with Gasteiger partial charge in [0.25, 0.3) is 0 Å². The lowest BCUT2D eigenvalue weighted by Crippen LogP contribution is -2.00. The summed E-state index contributed by atoms with van der Waals surface area (Å²) in [6.45, 7) is 4.37. The third kappa shape index (κ3) is 3.32. The second-order valence-corrected chi connectivity index (χ2v) is 5.41. The van der Waals surface area contributed by atoms with Crippen LogP contribution in [-0.4, -0.2) is 4.83 Å². The molecule has 2 heteroatoms. The van der Waals surface area contributed by atoms with Gasteiger partial charge >= 0.3 is 0 Å². The van der Waals surface area contributed by atoms with E-state index in [1.54, 1.807) is 0 Å². The van der Waals surface area contributed by atoms with Crippen LogP contribution in [0, 0.1) is 0 Å². The summed E-state index contributed by atoms with van der Waals surface area (Å²) in [7, 11) is 0. The first-order valence-corrected chi connectivity index (χ1v) is 5.79. The normalized spacial score (nSPS) is 15.4. The summed E-state index contributed by atoms with van der Waals surface area (Å²) in [6.07, 6.45) is 1.11. The van der Waals surface area contributed by atoms with E-state index in [4.69, 9.17) is 11.6 Å². The summed E-state index contributed by atoms with van der Waals surface area (Å²) < 4.78 is 0. The molecule has 2 unspecified atom stereocenters. The smallest absolute Gasteiger partial charge is 0.0440 e. The Bertz CT molecular complexity index is 271. The Labute approximate surface area is 93.4 Å². The number of alkyl halides is 1. The molecule has 0 bridgehead atoms. The summed E-state index contributed by atoms with van der Waals surface area (Å²) >= 11 is 9.64. The van der Waals surface area contributed by atoms with E-state index in [9.17, 15) is 0 Å². The van der Waals surface area contributed by atoms with Crippen LogP contribution in [0.5, 0.6) is 0 Å². The summed E-state index contributed by atoms with van der Waals surface area (Å²) in [5.74, 6) is 0.517. The van der Waals surface area contributed by atoms with Gasteiger partial charge in [0.1, 0.15) is 0 Å². The van der Waals surface area contributed by atoms with Crippen molar-refractivity contribution in [2.75, 3.05) is 0 Å². The van der Waals surface area contributed by atoms with E-state index >= 15 is 0 Å². The topological polar surface area (TPSA) is 0 Å². The average Bonchev–Trinajstić information content (AvgIpc) is 2.03. The molecule has 0 saturated heterocycles. The van der Waals surface area contributed by atoms with Gasteiger partial charge in [-0.25, -0.2) is 0 Å². The molecule has 0 N–H and O–H groups in total. The Balaban J connectivity index is 2.76. The minimum atomic E-state index is 0.517.